The van der Waals surface area contributed by atoms with Crippen molar-refractivity contribution >= 4 is 7.82 Å². The Bertz CT molecular complexity index is 257. The van der Waals surface area contributed by atoms with Gasteiger partial charge in [-0.05, 0) is 26.7 Å². The van der Waals surface area contributed by atoms with E-state index in [1.807, 2.05) is 0 Å². The number of unbranched alkanes of at least 4 members (excludes halogenated alkanes) is 5. The topological polar surface area (TPSA) is 58.6 Å². The third kappa shape index (κ3) is 22.5. The normalized spacial score (nSPS) is 12.0. The lowest BCUT2D eigenvalue weighted by Gasteiger charge is -2.23. The molecule has 130 valence electrons. The van der Waals surface area contributed by atoms with Crippen molar-refractivity contribution in [3.63, 3.8) is 0 Å². The molecule has 0 aromatic rings. The van der Waals surface area contributed by atoms with Gasteiger partial charge in [-0.3, -0.25) is 4.57 Å². The van der Waals surface area contributed by atoms with E-state index in [2.05, 4.69) is 37.1 Å². The van der Waals surface area contributed by atoms with Crippen molar-refractivity contribution in [3.05, 3.63) is 0 Å². The standard InChI is InChI=1S/C11H26N.C4H11O4P/c1-5-6-7-8-9-10-11-12(2,3)4;1-3-7-9(5,6)8-4-2/h5-11H2,1-4H3;3-4H2,1-2H3,(H,5,6)/q+1;/p-1. The molecule has 0 saturated heterocycles. The lowest BCUT2D eigenvalue weighted by Crippen LogP contribution is -2.35. The van der Waals surface area contributed by atoms with Crippen molar-refractivity contribution in [2.75, 3.05) is 40.9 Å². The second kappa shape index (κ2) is 13.7. The molecule has 0 radical (unpaired) electrons. The summed E-state index contributed by atoms with van der Waals surface area (Å²) in [6, 6.07) is 0. The molecule has 0 amide bonds. The highest BCUT2D eigenvalue weighted by molar-refractivity contribution is 7.45. The van der Waals surface area contributed by atoms with Crippen LogP contribution in [0.15, 0.2) is 0 Å². The van der Waals surface area contributed by atoms with Gasteiger partial charge in [-0.2, -0.15) is 0 Å². The molecule has 0 spiro atoms. The summed E-state index contributed by atoms with van der Waals surface area (Å²) >= 11 is 0. The van der Waals surface area contributed by atoms with E-state index >= 15 is 0 Å². The van der Waals surface area contributed by atoms with Crippen LogP contribution < -0.4 is 4.89 Å². The maximum Gasteiger partial charge on any atom is 0.267 e. The van der Waals surface area contributed by atoms with Crippen molar-refractivity contribution < 1.29 is 23.0 Å². The number of nitrogens with zero attached hydrogens (tertiary/aromatic N) is 1. The summed E-state index contributed by atoms with van der Waals surface area (Å²) in [5, 5.41) is 0. The third-order valence-corrected chi connectivity index (χ3v) is 3.91. The Balaban J connectivity index is 0. The number of hydrogen-bond acceptors (Lipinski definition) is 4. The predicted molar refractivity (Wildman–Crippen MR) is 87.1 cm³/mol. The molecule has 0 aliphatic carbocycles. The summed E-state index contributed by atoms with van der Waals surface area (Å²) in [7, 11) is 2.87. The van der Waals surface area contributed by atoms with Crippen molar-refractivity contribution in [3.8, 4) is 0 Å². The summed E-state index contributed by atoms with van der Waals surface area (Å²) < 4.78 is 20.0. The van der Waals surface area contributed by atoms with Crippen LogP contribution >= 0.6 is 7.82 Å². The molecule has 0 heterocycles. The molecule has 0 rings (SSSR count). The van der Waals surface area contributed by atoms with Gasteiger partial charge >= 0.3 is 0 Å². The van der Waals surface area contributed by atoms with Crippen molar-refractivity contribution in [1.29, 1.82) is 0 Å². The van der Waals surface area contributed by atoms with Gasteiger partial charge in [0.2, 0.25) is 0 Å². The van der Waals surface area contributed by atoms with Gasteiger partial charge < -0.3 is 18.4 Å². The van der Waals surface area contributed by atoms with Gasteiger partial charge in [-0.15, -0.1) is 0 Å². The van der Waals surface area contributed by atoms with E-state index in [1.54, 1.807) is 13.8 Å². The van der Waals surface area contributed by atoms with Gasteiger partial charge in [0.15, 0.2) is 0 Å². The van der Waals surface area contributed by atoms with E-state index in [0.29, 0.717) is 0 Å². The molecule has 0 aliphatic heterocycles. The van der Waals surface area contributed by atoms with Crippen LogP contribution in [0.2, 0.25) is 0 Å². The zero-order chi connectivity index (χ0) is 16.8. The van der Waals surface area contributed by atoms with Crippen molar-refractivity contribution in [2.45, 2.75) is 59.3 Å². The summed E-state index contributed by atoms with van der Waals surface area (Å²) in [5.41, 5.74) is 0. The summed E-state index contributed by atoms with van der Waals surface area (Å²) in [6.45, 7) is 7.02. The van der Waals surface area contributed by atoms with E-state index in [1.165, 1.54) is 45.1 Å². The monoisotopic (exact) mass is 325 g/mol. The lowest BCUT2D eigenvalue weighted by atomic mass is 10.1. The van der Waals surface area contributed by atoms with Gasteiger partial charge in [0, 0.05) is 0 Å². The molecule has 0 aromatic carbocycles. The number of phosphoric ester groups is 1. The van der Waals surface area contributed by atoms with E-state index in [9.17, 15) is 9.46 Å². The van der Waals surface area contributed by atoms with Crippen LogP contribution in [-0.4, -0.2) is 45.4 Å². The van der Waals surface area contributed by atoms with Crippen molar-refractivity contribution in [1.82, 2.24) is 0 Å². The fourth-order valence-corrected chi connectivity index (χ4v) is 2.43. The zero-order valence-electron chi connectivity index (χ0n) is 14.9. The molecule has 0 N–H and O–H groups in total. The quantitative estimate of drug-likeness (QED) is 0.331. The average molecular weight is 325 g/mol. The number of quaternary nitrogens is 1. The first kappa shape index (κ1) is 23.3. The Kier molecular flexibility index (Phi) is 15.2. The number of hydrogen-bond donors (Lipinski definition) is 0. The van der Waals surface area contributed by atoms with Crippen LogP contribution in [0.1, 0.15) is 59.3 Å². The molecule has 0 fully saturated rings. The summed E-state index contributed by atoms with van der Waals surface area (Å²) in [4.78, 5) is 10.4. The largest absolute Gasteiger partial charge is 0.756 e. The van der Waals surface area contributed by atoms with Crippen molar-refractivity contribution in [2.24, 2.45) is 0 Å². The molecule has 5 nitrogen and oxygen atoms in total. The zero-order valence-corrected chi connectivity index (χ0v) is 15.8. The van der Waals surface area contributed by atoms with Crippen LogP contribution in [0, 0.1) is 0 Å². The van der Waals surface area contributed by atoms with Gasteiger partial charge in [-0.1, -0.05) is 32.6 Å². The highest BCUT2D eigenvalue weighted by atomic mass is 31.2. The highest BCUT2D eigenvalue weighted by Gasteiger charge is 2.05. The molecule has 0 atom stereocenters. The first-order valence-electron chi connectivity index (χ1n) is 8.09. The van der Waals surface area contributed by atoms with Gasteiger partial charge in [-0.25, -0.2) is 0 Å². The van der Waals surface area contributed by atoms with Gasteiger partial charge in [0.25, 0.3) is 7.82 Å². The molecule has 0 unspecified atom stereocenters. The Morgan fingerprint density at radius 1 is 0.857 bits per heavy atom. The predicted octanol–water partition coefficient (Wildman–Crippen LogP) is 3.58. The summed E-state index contributed by atoms with van der Waals surface area (Å²) in [6.07, 6.45) is 8.48. The maximum absolute atomic E-state index is 10.4. The molecule has 21 heavy (non-hydrogen) atoms. The third-order valence-electron chi connectivity index (χ3n) is 2.76. The molecular weight excluding hydrogens is 289 g/mol. The fourth-order valence-electron chi connectivity index (χ4n) is 1.72. The van der Waals surface area contributed by atoms with E-state index in [4.69, 9.17) is 0 Å². The Labute approximate surface area is 131 Å². The fraction of sp³-hybridized carbons (Fsp3) is 1.00. The molecule has 0 saturated carbocycles. The lowest BCUT2D eigenvalue weighted by molar-refractivity contribution is -0.870. The molecule has 6 heteroatoms. The molecule has 0 aliphatic rings. The van der Waals surface area contributed by atoms with E-state index in [0.717, 1.165) is 4.48 Å². The number of rotatable bonds is 11. The van der Waals surface area contributed by atoms with E-state index in [-0.39, 0.29) is 13.2 Å². The molecule has 0 aromatic heterocycles. The Morgan fingerprint density at radius 2 is 1.29 bits per heavy atom. The first-order valence-corrected chi connectivity index (χ1v) is 9.55. The SMILES string of the molecule is CCCCCCCC[N+](C)(C)C.CCOP(=O)([O-])OCC. The van der Waals surface area contributed by atoms with Gasteiger partial charge in [0.1, 0.15) is 0 Å². The van der Waals surface area contributed by atoms with Crippen LogP contribution in [0.25, 0.3) is 0 Å². The Morgan fingerprint density at radius 3 is 1.67 bits per heavy atom. The second-order valence-electron chi connectivity index (χ2n) is 6.06. The summed E-state index contributed by atoms with van der Waals surface area (Å²) in [5.74, 6) is 0. The van der Waals surface area contributed by atoms with Crippen LogP contribution in [0.4, 0.5) is 0 Å². The Hall–Kier alpha value is 0.0700. The second-order valence-corrected chi connectivity index (χ2v) is 7.48. The van der Waals surface area contributed by atoms with E-state index < -0.39 is 7.82 Å². The van der Waals surface area contributed by atoms with Crippen LogP contribution in [0.5, 0.6) is 0 Å². The minimum absolute atomic E-state index is 0.126. The number of phosphoric acid groups is 1. The van der Waals surface area contributed by atoms with Gasteiger partial charge in [0.05, 0.1) is 40.9 Å². The first-order chi connectivity index (χ1) is 9.68. The van der Waals surface area contributed by atoms with Crippen LogP contribution in [0.3, 0.4) is 0 Å². The smallest absolute Gasteiger partial charge is 0.267 e. The molecular formula is C15H36NO4P. The van der Waals surface area contributed by atoms with Crippen LogP contribution in [-0.2, 0) is 13.6 Å². The molecule has 0 bridgehead atoms. The minimum Gasteiger partial charge on any atom is -0.756 e. The highest BCUT2D eigenvalue weighted by Crippen LogP contribution is 2.37. The minimum atomic E-state index is -3.94. The average Bonchev–Trinajstić information content (AvgIpc) is 2.33. The maximum atomic E-state index is 10.4.